The van der Waals surface area contributed by atoms with Crippen molar-refractivity contribution in [2.24, 2.45) is 0 Å². The van der Waals surface area contributed by atoms with E-state index in [0.29, 0.717) is 24.7 Å². The summed E-state index contributed by atoms with van der Waals surface area (Å²) in [5, 5.41) is 7.74. The summed E-state index contributed by atoms with van der Waals surface area (Å²) >= 11 is 3.34. The second-order valence-electron chi connectivity index (χ2n) is 5.62. The summed E-state index contributed by atoms with van der Waals surface area (Å²) in [7, 11) is 1.93. The van der Waals surface area contributed by atoms with E-state index in [9.17, 15) is 4.79 Å². The van der Waals surface area contributed by atoms with Gasteiger partial charge in [-0.3, -0.25) is 9.48 Å². The molecule has 5 nitrogen and oxygen atoms in total. The van der Waals surface area contributed by atoms with Crippen LogP contribution in [0.5, 0.6) is 0 Å². The Morgan fingerprint density at radius 1 is 1.53 bits per heavy atom. The number of fused-ring (bicyclic) bond motifs is 2. The number of carbonyl (C=O) groups is 1. The number of amides is 1. The van der Waals surface area contributed by atoms with E-state index in [1.807, 2.05) is 18.1 Å². The molecule has 2 fully saturated rings. The van der Waals surface area contributed by atoms with Crippen LogP contribution in [0.3, 0.4) is 0 Å². The van der Waals surface area contributed by atoms with Gasteiger partial charge in [-0.1, -0.05) is 0 Å². The molecule has 1 N–H and O–H groups in total. The normalized spacial score (nSPS) is 29.5. The van der Waals surface area contributed by atoms with Crippen LogP contribution in [0.15, 0.2) is 16.9 Å². The van der Waals surface area contributed by atoms with Gasteiger partial charge in [0.25, 0.3) is 0 Å². The highest BCUT2D eigenvalue weighted by Crippen LogP contribution is 2.29. The largest absolute Gasteiger partial charge is 0.341 e. The number of nitrogens with zero attached hydrogens (tertiary/aromatic N) is 3. The Morgan fingerprint density at radius 2 is 2.21 bits per heavy atom. The lowest BCUT2D eigenvalue weighted by molar-refractivity contribution is -0.133. The van der Waals surface area contributed by atoms with Gasteiger partial charge >= 0.3 is 0 Å². The molecular formula is C13H19BrN4O. The van der Waals surface area contributed by atoms with Crippen molar-refractivity contribution in [1.29, 1.82) is 0 Å². The fourth-order valence-corrected chi connectivity index (χ4v) is 3.55. The van der Waals surface area contributed by atoms with Crippen molar-refractivity contribution in [3.05, 3.63) is 16.9 Å². The number of halogens is 1. The zero-order valence-electron chi connectivity index (χ0n) is 11.1. The number of carbonyl (C=O) groups excluding carboxylic acids is 1. The van der Waals surface area contributed by atoms with Gasteiger partial charge in [-0.2, -0.15) is 5.10 Å². The first-order valence-electron chi connectivity index (χ1n) is 6.81. The molecule has 3 rings (SSSR count). The van der Waals surface area contributed by atoms with Gasteiger partial charge < -0.3 is 10.2 Å². The van der Waals surface area contributed by atoms with Crippen LogP contribution in [-0.4, -0.2) is 45.8 Å². The molecule has 1 amide bonds. The molecule has 2 saturated heterocycles. The van der Waals surface area contributed by atoms with E-state index < -0.39 is 0 Å². The number of hydrogen-bond donors (Lipinski definition) is 1. The van der Waals surface area contributed by atoms with Gasteiger partial charge in [0.15, 0.2) is 0 Å². The molecule has 0 aromatic carbocycles. The third kappa shape index (κ3) is 2.84. The molecule has 1 aromatic rings. The number of rotatable bonds is 3. The van der Waals surface area contributed by atoms with Crippen molar-refractivity contribution in [2.45, 2.75) is 50.4 Å². The van der Waals surface area contributed by atoms with E-state index in [2.05, 4.69) is 26.3 Å². The molecule has 2 bridgehead atoms. The Balaban J connectivity index is 1.60. The third-order valence-corrected chi connectivity index (χ3v) is 4.70. The first-order valence-corrected chi connectivity index (χ1v) is 7.61. The van der Waals surface area contributed by atoms with Crippen LogP contribution in [0.2, 0.25) is 0 Å². The highest BCUT2D eigenvalue weighted by Gasteiger charge is 2.36. The minimum absolute atomic E-state index is 0.141. The molecule has 3 heterocycles. The Hall–Kier alpha value is -0.880. The molecule has 2 aliphatic rings. The van der Waals surface area contributed by atoms with Crippen molar-refractivity contribution in [3.8, 4) is 0 Å². The molecule has 0 radical (unpaired) electrons. The first kappa shape index (κ1) is 13.1. The lowest BCUT2D eigenvalue weighted by Gasteiger charge is -2.35. The minimum Gasteiger partial charge on any atom is -0.341 e. The third-order valence-electron chi connectivity index (χ3n) is 4.29. The molecule has 1 aromatic heterocycles. The van der Waals surface area contributed by atoms with Gasteiger partial charge in [-0.05, 0) is 41.6 Å². The van der Waals surface area contributed by atoms with Gasteiger partial charge in [0.2, 0.25) is 5.91 Å². The maximum atomic E-state index is 12.3. The van der Waals surface area contributed by atoms with E-state index in [4.69, 9.17) is 0 Å². The zero-order chi connectivity index (χ0) is 13.4. The molecule has 6 heteroatoms. The predicted molar refractivity (Wildman–Crippen MR) is 75.7 cm³/mol. The lowest BCUT2D eigenvalue weighted by atomic mass is 9.98. The zero-order valence-corrected chi connectivity index (χ0v) is 12.6. The molecule has 2 atom stereocenters. The van der Waals surface area contributed by atoms with Crippen molar-refractivity contribution < 1.29 is 4.79 Å². The minimum atomic E-state index is 0.141. The summed E-state index contributed by atoms with van der Waals surface area (Å²) in [5.74, 6) is 0.141. The number of aromatic nitrogens is 2. The van der Waals surface area contributed by atoms with Gasteiger partial charge in [-0.15, -0.1) is 0 Å². The van der Waals surface area contributed by atoms with E-state index in [1.54, 1.807) is 10.9 Å². The Kier molecular flexibility index (Phi) is 3.62. The number of likely N-dealkylation sites (N-methyl/N-ethyl adjacent to an activating group) is 1. The average Bonchev–Trinajstić information content (AvgIpc) is 2.94. The van der Waals surface area contributed by atoms with E-state index in [-0.39, 0.29) is 5.91 Å². The van der Waals surface area contributed by atoms with Crippen LogP contribution in [0, 0.1) is 0 Å². The smallest absolute Gasteiger partial charge is 0.244 e. The SMILES string of the molecule is CN(C(=O)Cn1cc(Br)cn1)C1CC2CCC(C1)N2. The molecule has 0 spiro atoms. The van der Waals surface area contributed by atoms with Crippen molar-refractivity contribution in [1.82, 2.24) is 20.0 Å². The van der Waals surface area contributed by atoms with Crippen molar-refractivity contribution >= 4 is 21.8 Å². The highest BCUT2D eigenvalue weighted by molar-refractivity contribution is 9.10. The quantitative estimate of drug-likeness (QED) is 0.913. The van der Waals surface area contributed by atoms with Gasteiger partial charge in [0.05, 0.1) is 10.7 Å². The topological polar surface area (TPSA) is 50.2 Å². The van der Waals surface area contributed by atoms with Crippen LogP contribution < -0.4 is 5.32 Å². The Labute approximate surface area is 121 Å². The number of nitrogens with one attached hydrogen (secondary N) is 1. The van der Waals surface area contributed by atoms with Crippen molar-refractivity contribution in [2.75, 3.05) is 7.05 Å². The van der Waals surface area contributed by atoms with E-state index in [1.165, 1.54) is 12.8 Å². The summed E-state index contributed by atoms with van der Waals surface area (Å²) in [6, 6.07) is 1.60. The molecule has 2 aliphatic heterocycles. The summed E-state index contributed by atoms with van der Waals surface area (Å²) in [6.45, 7) is 0.321. The van der Waals surface area contributed by atoms with Crippen molar-refractivity contribution in [3.63, 3.8) is 0 Å². The van der Waals surface area contributed by atoms with Crippen LogP contribution >= 0.6 is 15.9 Å². The fraction of sp³-hybridized carbons (Fsp3) is 0.692. The summed E-state index contributed by atoms with van der Waals surface area (Å²) < 4.78 is 2.58. The number of hydrogen-bond acceptors (Lipinski definition) is 3. The summed E-state index contributed by atoms with van der Waals surface area (Å²) in [6.07, 6.45) is 8.23. The summed E-state index contributed by atoms with van der Waals surface area (Å²) in [5.41, 5.74) is 0. The second kappa shape index (κ2) is 5.25. The Bertz CT molecular complexity index is 463. The van der Waals surface area contributed by atoms with Crippen LogP contribution in [0.4, 0.5) is 0 Å². The summed E-state index contributed by atoms with van der Waals surface area (Å²) in [4.78, 5) is 14.2. The number of piperidine rings is 1. The van der Waals surface area contributed by atoms with Crippen LogP contribution in [0.25, 0.3) is 0 Å². The van der Waals surface area contributed by atoms with Gasteiger partial charge in [0.1, 0.15) is 6.54 Å². The molecule has 104 valence electrons. The predicted octanol–water partition coefficient (Wildman–Crippen LogP) is 1.39. The first-order chi connectivity index (χ1) is 9.11. The van der Waals surface area contributed by atoms with Crippen LogP contribution in [0.1, 0.15) is 25.7 Å². The van der Waals surface area contributed by atoms with E-state index >= 15 is 0 Å². The lowest BCUT2D eigenvalue weighted by Crippen LogP contribution is -2.49. The van der Waals surface area contributed by atoms with Gasteiger partial charge in [-0.25, -0.2) is 0 Å². The second-order valence-corrected chi connectivity index (χ2v) is 6.54. The molecule has 0 saturated carbocycles. The Morgan fingerprint density at radius 3 is 2.79 bits per heavy atom. The molecular weight excluding hydrogens is 308 g/mol. The molecule has 0 aliphatic carbocycles. The maximum absolute atomic E-state index is 12.3. The molecule has 2 unspecified atom stereocenters. The maximum Gasteiger partial charge on any atom is 0.244 e. The van der Waals surface area contributed by atoms with Crippen LogP contribution in [-0.2, 0) is 11.3 Å². The standard InChI is InChI=1S/C13H19BrN4O/c1-17(12-4-10-2-3-11(5-12)16-10)13(19)8-18-7-9(14)6-15-18/h6-7,10-12,16H,2-5,8H2,1H3. The fourth-order valence-electron chi connectivity index (χ4n) is 3.22. The monoisotopic (exact) mass is 326 g/mol. The molecule has 19 heavy (non-hydrogen) atoms. The highest BCUT2D eigenvalue weighted by atomic mass is 79.9. The van der Waals surface area contributed by atoms with Gasteiger partial charge in [0, 0.05) is 31.4 Å². The average molecular weight is 327 g/mol. The van der Waals surface area contributed by atoms with E-state index in [0.717, 1.165) is 17.3 Å².